The smallest absolute Gasteiger partial charge is 0.201 e. The second kappa shape index (κ2) is 8.35. The van der Waals surface area contributed by atoms with E-state index in [4.69, 9.17) is 0 Å². The maximum atomic E-state index is 4.40. The summed E-state index contributed by atoms with van der Waals surface area (Å²) in [5.41, 5.74) is 5.61. The van der Waals surface area contributed by atoms with E-state index in [1.54, 1.807) is 0 Å². The van der Waals surface area contributed by atoms with E-state index in [1.807, 2.05) is 84.9 Å². The highest BCUT2D eigenvalue weighted by atomic mass is 127. The van der Waals surface area contributed by atoms with Crippen molar-refractivity contribution in [3.63, 3.8) is 0 Å². The fraction of sp³-hybridized carbons (Fsp3) is 0. The van der Waals surface area contributed by atoms with Gasteiger partial charge in [-0.25, -0.2) is 0 Å². The van der Waals surface area contributed by atoms with Crippen LogP contribution in [0.1, 0.15) is 5.56 Å². The van der Waals surface area contributed by atoms with Crippen LogP contribution in [-0.2, 0) is 0 Å². The molecule has 0 amide bonds. The van der Waals surface area contributed by atoms with E-state index in [-0.39, 0.29) is 0 Å². The summed E-state index contributed by atoms with van der Waals surface area (Å²) in [4.78, 5) is 0. The number of halogens is 1. The lowest BCUT2D eigenvalue weighted by atomic mass is 10.2. The number of rotatable bonds is 4. The van der Waals surface area contributed by atoms with Crippen molar-refractivity contribution >= 4 is 39.8 Å². The first-order valence-corrected chi connectivity index (χ1v) is 8.50. The number of amidine groups is 1. The first-order valence-electron chi connectivity index (χ1n) is 7.43. The molecular weight excluding hydrogens is 411 g/mol. The van der Waals surface area contributed by atoms with E-state index in [9.17, 15) is 0 Å². The number of hydrogen-bond donors (Lipinski definition) is 1. The van der Waals surface area contributed by atoms with Crippen molar-refractivity contribution in [2.45, 2.75) is 0 Å². The quantitative estimate of drug-likeness (QED) is 0.184. The van der Waals surface area contributed by atoms with Crippen LogP contribution >= 0.6 is 22.6 Å². The molecular formula is C19H15IN4. The maximum Gasteiger partial charge on any atom is 0.201 e. The third-order valence-electron chi connectivity index (χ3n) is 3.18. The predicted octanol–water partition coefficient (Wildman–Crippen LogP) is 5.85. The third kappa shape index (κ3) is 4.73. The largest absolute Gasteiger partial charge is 0.276 e. The molecule has 0 saturated heterocycles. The lowest BCUT2D eigenvalue weighted by Crippen LogP contribution is -2.00. The van der Waals surface area contributed by atoms with E-state index < -0.39 is 0 Å². The summed E-state index contributed by atoms with van der Waals surface area (Å²) in [6.45, 7) is 0. The number of benzene rings is 3. The topological polar surface area (TPSA) is 49.1 Å². The molecule has 24 heavy (non-hydrogen) atoms. The SMILES string of the molecule is Ic1ccc(N=NC(=NNc2ccccc2)c2ccccc2)cc1. The van der Waals surface area contributed by atoms with Gasteiger partial charge in [-0.15, -0.1) is 10.2 Å². The Hall–Kier alpha value is -2.54. The van der Waals surface area contributed by atoms with Gasteiger partial charge in [-0.1, -0.05) is 48.5 Å². The summed E-state index contributed by atoms with van der Waals surface area (Å²) in [6, 6.07) is 27.4. The highest BCUT2D eigenvalue weighted by molar-refractivity contribution is 14.1. The molecule has 3 rings (SSSR count). The minimum atomic E-state index is 0.526. The van der Waals surface area contributed by atoms with Gasteiger partial charge in [-0.05, 0) is 59.0 Å². The van der Waals surface area contributed by atoms with E-state index in [0.29, 0.717) is 5.84 Å². The summed E-state index contributed by atoms with van der Waals surface area (Å²) in [5.74, 6) is 0.526. The van der Waals surface area contributed by atoms with Gasteiger partial charge in [-0.3, -0.25) is 5.43 Å². The molecule has 0 aliphatic carbocycles. The average molecular weight is 426 g/mol. The zero-order valence-electron chi connectivity index (χ0n) is 12.8. The summed E-state index contributed by atoms with van der Waals surface area (Å²) in [5, 5.41) is 13.0. The van der Waals surface area contributed by atoms with E-state index in [0.717, 1.165) is 20.5 Å². The van der Waals surface area contributed by atoms with Crippen molar-refractivity contribution in [1.82, 2.24) is 0 Å². The zero-order chi connectivity index (χ0) is 16.6. The highest BCUT2D eigenvalue weighted by Gasteiger charge is 2.02. The van der Waals surface area contributed by atoms with Crippen molar-refractivity contribution in [1.29, 1.82) is 0 Å². The molecule has 3 aromatic carbocycles. The third-order valence-corrected chi connectivity index (χ3v) is 3.90. The number of anilines is 1. The highest BCUT2D eigenvalue weighted by Crippen LogP contribution is 2.16. The molecule has 0 saturated carbocycles. The Morgan fingerprint density at radius 1 is 0.750 bits per heavy atom. The fourth-order valence-electron chi connectivity index (χ4n) is 1.97. The Morgan fingerprint density at radius 3 is 2.04 bits per heavy atom. The van der Waals surface area contributed by atoms with Gasteiger partial charge in [0.1, 0.15) is 0 Å². The Bertz CT molecular complexity index is 828. The average Bonchev–Trinajstić information content (AvgIpc) is 2.65. The van der Waals surface area contributed by atoms with Crippen LogP contribution in [0.5, 0.6) is 0 Å². The van der Waals surface area contributed by atoms with Gasteiger partial charge in [0.2, 0.25) is 5.84 Å². The first kappa shape index (κ1) is 16.3. The second-order valence-corrected chi connectivity index (χ2v) is 6.20. The molecule has 4 nitrogen and oxygen atoms in total. The predicted molar refractivity (Wildman–Crippen MR) is 107 cm³/mol. The van der Waals surface area contributed by atoms with Crippen LogP contribution in [0.15, 0.2) is 100 Å². The number of azo groups is 1. The summed E-state index contributed by atoms with van der Waals surface area (Å²) in [6.07, 6.45) is 0. The molecule has 1 N–H and O–H groups in total. The lowest BCUT2D eigenvalue weighted by molar-refractivity contribution is 1.22. The van der Waals surface area contributed by atoms with Crippen LogP contribution in [-0.4, -0.2) is 5.84 Å². The number of hydrogen-bond acceptors (Lipinski definition) is 3. The van der Waals surface area contributed by atoms with Gasteiger partial charge < -0.3 is 0 Å². The van der Waals surface area contributed by atoms with Gasteiger partial charge in [0.05, 0.1) is 11.4 Å². The normalized spacial score (nSPS) is 11.6. The molecule has 0 radical (unpaired) electrons. The minimum Gasteiger partial charge on any atom is -0.276 e. The maximum absolute atomic E-state index is 4.40. The standard InChI is InChI=1S/C19H15IN4/c20-16-11-13-18(14-12-16)22-24-19(15-7-3-1-4-8-15)23-21-17-9-5-2-6-10-17/h1-14,21H. The molecule has 3 aromatic rings. The fourth-order valence-corrected chi connectivity index (χ4v) is 2.33. The Balaban J connectivity index is 1.86. The number of nitrogens with one attached hydrogen (secondary N) is 1. The van der Waals surface area contributed by atoms with Crippen molar-refractivity contribution < 1.29 is 0 Å². The molecule has 0 bridgehead atoms. The zero-order valence-corrected chi connectivity index (χ0v) is 15.0. The molecule has 0 aromatic heterocycles. The first-order chi connectivity index (χ1) is 11.8. The molecule has 0 fully saturated rings. The van der Waals surface area contributed by atoms with Crippen molar-refractivity contribution in [2.75, 3.05) is 5.43 Å². The Labute approximate surface area is 154 Å². The summed E-state index contributed by atoms with van der Waals surface area (Å²) in [7, 11) is 0. The van der Waals surface area contributed by atoms with Crippen LogP contribution in [0.3, 0.4) is 0 Å². The van der Waals surface area contributed by atoms with Gasteiger partial charge in [0.15, 0.2) is 0 Å². The molecule has 0 aliphatic heterocycles. The van der Waals surface area contributed by atoms with Crippen LogP contribution in [0.25, 0.3) is 0 Å². The molecule has 0 atom stereocenters. The molecule has 0 heterocycles. The summed E-state index contributed by atoms with van der Waals surface area (Å²) >= 11 is 2.26. The number of nitrogens with zero attached hydrogens (tertiary/aromatic N) is 3. The molecule has 5 heteroatoms. The number of para-hydroxylation sites is 1. The van der Waals surface area contributed by atoms with Crippen LogP contribution in [0.2, 0.25) is 0 Å². The van der Waals surface area contributed by atoms with E-state index in [1.165, 1.54) is 0 Å². The van der Waals surface area contributed by atoms with Crippen molar-refractivity contribution in [3.8, 4) is 0 Å². The van der Waals surface area contributed by atoms with E-state index in [2.05, 4.69) is 43.3 Å². The second-order valence-electron chi connectivity index (χ2n) is 4.96. The van der Waals surface area contributed by atoms with Gasteiger partial charge in [0.25, 0.3) is 0 Å². The lowest BCUT2D eigenvalue weighted by Gasteiger charge is -2.03. The Kier molecular flexibility index (Phi) is 5.68. The molecule has 0 aliphatic rings. The minimum absolute atomic E-state index is 0.526. The number of hydrazone groups is 1. The molecule has 118 valence electrons. The van der Waals surface area contributed by atoms with Gasteiger partial charge >= 0.3 is 0 Å². The molecule has 0 unspecified atom stereocenters. The monoisotopic (exact) mass is 426 g/mol. The van der Waals surface area contributed by atoms with Crippen molar-refractivity contribution in [2.24, 2.45) is 15.3 Å². The van der Waals surface area contributed by atoms with Gasteiger partial charge in [-0.2, -0.15) is 5.10 Å². The van der Waals surface area contributed by atoms with Crippen LogP contribution in [0, 0.1) is 3.57 Å². The Morgan fingerprint density at radius 2 is 1.38 bits per heavy atom. The van der Waals surface area contributed by atoms with Crippen LogP contribution in [0.4, 0.5) is 11.4 Å². The van der Waals surface area contributed by atoms with Crippen LogP contribution < -0.4 is 5.43 Å². The van der Waals surface area contributed by atoms with Crippen molar-refractivity contribution in [3.05, 3.63) is 94.1 Å². The summed E-state index contributed by atoms with van der Waals surface area (Å²) < 4.78 is 1.16. The van der Waals surface area contributed by atoms with E-state index >= 15 is 0 Å². The van der Waals surface area contributed by atoms with Gasteiger partial charge in [0, 0.05) is 9.13 Å². The molecule has 0 spiro atoms.